The molecule has 27 heavy (non-hydrogen) atoms. The summed E-state index contributed by atoms with van der Waals surface area (Å²) in [5, 5.41) is 0. The molecule has 6 nitrogen and oxygen atoms in total. The molecule has 0 spiro atoms. The maximum atomic E-state index is 10.9. The Balaban J connectivity index is 2.02. The molecule has 1 aliphatic rings. The van der Waals surface area contributed by atoms with Gasteiger partial charge in [0.15, 0.2) is 0 Å². The van der Waals surface area contributed by atoms with E-state index in [1.807, 2.05) is 42.2 Å². The predicted octanol–water partition coefficient (Wildman–Crippen LogP) is 4.05. The van der Waals surface area contributed by atoms with Crippen LogP contribution in [0.2, 0.25) is 0 Å². The molecule has 2 heterocycles. The van der Waals surface area contributed by atoms with E-state index in [-0.39, 0.29) is 9.49 Å². The Bertz CT molecular complexity index is 902. The van der Waals surface area contributed by atoms with E-state index in [1.165, 1.54) is 0 Å². The Morgan fingerprint density at radius 1 is 1.41 bits per heavy atom. The first-order valence-corrected chi connectivity index (χ1v) is 10.5. The number of imidazole rings is 1. The predicted molar refractivity (Wildman–Crippen MR) is 111 cm³/mol. The summed E-state index contributed by atoms with van der Waals surface area (Å²) in [6.07, 6.45) is 3.81. The number of anilines is 1. The Kier molecular flexibility index (Phi) is 5.42. The SMILES string of the molecule is COC1=Cc2ncc(-c3cccc(NS(=O)[O-])c3)n2CC1(C)SC(C)(C)C. The number of aromatic nitrogens is 2. The highest BCUT2D eigenvalue weighted by Gasteiger charge is 2.40. The molecule has 2 aromatic rings. The third-order valence-corrected chi connectivity index (χ3v) is 6.03. The number of hydrogen-bond acceptors (Lipinski definition) is 5. The Morgan fingerprint density at radius 2 is 2.15 bits per heavy atom. The largest absolute Gasteiger partial charge is 0.755 e. The lowest BCUT2D eigenvalue weighted by molar-refractivity contribution is 0.249. The van der Waals surface area contributed by atoms with Crippen molar-refractivity contribution in [3.63, 3.8) is 0 Å². The third kappa shape index (κ3) is 4.39. The molecule has 0 bridgehead atoms. The second kappa shape index (κ2) is 7.33. The first kappa shape index (κ1) is 20.0. The summed E-state index contributed by atoms with van der Waals surface area (Å²) in [6, 6.07) is 7.30. The van der Waals surface area contributed by atoms with Crippen LogP contribution in [0.25, 0.3) is 17.3 Å². The van der Waals surface area contributed by atoms with E-state index in [2.05, 4.69) is 42.0 Å². The van der Waals surface area contributed by atoms with Crippen molar-refractivity contribution in [2.24, 2.45) is 0 Å². The molecule has 1 aliphatic heterocycles. The van der Waals surface area contributed by atoms with Gasteiger partial charge in [0.25, 0.3) is 0 Å². The highest BCUT2D eigenvalue weighted by atomic mass is 32.2. The summed E-state index contributed by atoms with van der Waals surface area (Å²) >= 11 is -0.496. The number of fused-ring (bicyclic) bond motifs is 1. The van der Waals surface area contributed by atoms with Crippen molar-refractivity contribution in [1.82, 2.24) is 9.55 Å². The Hall–Kier alpha value is -1.77. The zero-order valence-electron chi connectivity index (χ0n) is 16.1. The lowest BCUT2D eigenvalue weighted by Crippen LogP contribution is -2.37. The molecule has 2 atom stereocenters. The van der Waals surface area contributed by atoms with Gasteiger partial charge in [-0.1, -0.05) is 32.9 Å². The molecule has 0 aliphatic carbocycles. The minimum Gasteiger partial charge on any atom is -0.755 e. The summed E-state index contributed by atoms with van der Waals surface area (Å²) < 4.78 is 32.0. The number of benzene rings is 1. The molecule has 1 aromatic heterocycles. The van der Waals surface area contributed by atoms with Crippen LogP contribution in [0.4, 0.5) is 5.69 Å². The van der Waals surface area contributed by atoms with Crippen LogP contribution in [0.3, 0.4) is 0 Å². The molecule has 3 rings (SSSR count). The highest BCUT2D eigenvalue weighted by molar-refractivity contribution is 8.02. The van der Waals surface area contributed by atoms with Crippen molar-refractivity contribution >= 4 is 34.8 Å². The van der Waals surface area contributed by atoms with Crippen molar-refractivity contribution in [2.45, 2.75) is 43.7 Å². The van der Waals surface area contributed by atoms with E-state index in [1.54, 1.807) is 13.2 Å². The second-order valence-corrected chi connectivity index (χ2v) is 10.7. The van der Waals surface area contributed by atoms with E-state index < -0.39 is 11.3 Å². The fourth-order valence-electron chi connectivity index (χ4n) is 3.42. The normalized spacial score (nSPS) is 20.6. The van der Waals surface area contributed by atoms with Crippen LogP contribution < -0.4 is 4.72 Å². The average Bonchev–Trinajstić information content (AvgIpc) is 2.93. The Labute approximate surface area is 166 Å². The molecular formula is C19H24N3O3S2-. The molecule has 1 aromatic carbocycles. The molecule has 0 amide bonds. The lowest BCUT2D eigenvalue weighted by Gasteiger charge is -2.39. The van der Waals surface area contributed by atoms with E-state index in [4.69, 9.17) is 4.74 Å². The number of rotatable bonds is 5. The van der Waals surface area contributed by atoms with Gasteiger partial charge in [-0.3, -0.25) is 4.21 Å². The third-order valence-electron chi connectivity index (χ3n) is 4.24. The van der Waals surface area contributed by atoms with Crippen LogP contribution >= 0.6 is 11.8 Å². The number of nitrogens with zero attached hydrogens (tertiary/aromatic N) is 2. The van der Waals surface area contributed by atoms with Gasteiger partial charge in [-0.25, -0.2) is 4.98 Å². The quantitative estimate of drug-likeness (QED) is 0.758. The molecule has 2 unspecified atom stereocenters. The van der Waals surface area contributed by atoms with E-state index >= 15 is 0 Å². The number of methoxy groups -OCH3 is 1. The Morgan fingerprint density at radius 3 is 2.78 bits per heavy atom. The van der Waals surface area contributed by atoms with Crippen LogP contribution in [0.15, 0.2) is 36.2 Å². The van der Waals surface area contributed by atoms with Crippen LogP contribution in [0.5, 0.6) is 0 Å². The zero-order chi connectivity index (χ0) is 19.8. The van der Waals surface area contributed by atoms with Gasteiger partial charge in [0.05, 0.1) is 23.7 Å². The molecule has 0 radical (unpaired) electrons. The molecule has 8 heteroatoms. The number of hydrogen-bond donors (Lipinski definition) is 1. The standard InChI is InChI=1S/C19H25N3O3S2/c1-18(2,3)26-19(4)12-22-15(11-20-17(22)10-16(19)25-5)13-7-6-8-14(9-13)21-27(23)24/h6-11,21H,12H2,1-5H3,(H,23,24)/p-1. The zero-order valence-corrected chi connectivity index (χ0v) is 17.7. The summed E-state index contributed by atoms with van der Waals surface area (Å²) in [6.45, 7) is 9.48. The highest BCUT2D eigenvalue weighted by Crippen LogP contribution is 2.46. The van der Waals surface area contributed by atoms with E-state index in [0.717, 1.165) is 22.8 Å². The summed E-state index contributed by atoms with van der Waals surface area (Å²) in [5.41, 5.74) is 2.37. The fourth-order valence-corrected chi connectivity index (χ4v) is 5.53. The number of ether oxygens (including phenoxy) is 1. The van der Waals surface area contributed by atoms with E-state index in [0.29, 0.717) is 12.2 Å². The minimum atomic E-state index is -2.36. The van der Waals surface area contributed by atoms with Crippen molar-refractivity contribution in [3.05, 3.63) is 42.0 Å². The van der Waals surface area contributed by atoms with Gasteiger partial charge >= 0.3 is 0 Å². The number of nitrogens with one attached hydrogen (secondary N) is 1. The van der Waals surface area contributed by atoms with Gasteiger partial charge in [-0.05, 0) is 19.1 Å². The molecule has 1 N–H and O–H groups in total. The summed E-state index contributed by atoms with van der Waals surface area (Å²) in [7, 11) is 1.70. The van der Waals surface area contributed by atoms with Crippen molar-refractivity contribution in [3.8, 4) is 11.3 Å². The summed E-state index contributed by atoms with van der Waals surface area (Å²) in [4.78, 5) is 4.54. The van der Waals surface area contributed by atoms with Crippen LogP contribution in [-0.4, -0.2) is 34.9 Å². The van der Waals surface area contributed by atoms with Crippen molar-refractivity contribution < 1.29 is 13.5 Å². The topological polar surface area (TPSA) is 79.2 Å². The van der Waals surface area contributed by atoms with Gasteiger partial charge < -0.3 is 18.6 Å². The molecular weight excluding hydrogens is 382 g/mol. The molecule has 0 saturated carbocycles. The maximum absolute atomic E-state index is 10.9. The van der Waals surface area contributed by atoms with Crippen molar-refractivity contribution in [2.75, 3.05) is 11.8 Å². The van der Waals surface area contributed by atoms with E-state index in [9.17, 15) is 8.76 Å². The molecule has 0 saturated heterocycles. The van der Waals surface area contributed by atoms with Crippen LogP contribution in [0, 0.1) is 0 Å². The smallest absolute Gasteiger partial charge is 0.136 e. The second-order valence-electron chi connectivity index (χ2n) is 7.66. The number of thioether (sulfide) groups is 1. The van der Waals surface area contributed by atoms with Gasteiger partial charge in [-0.15, -0.1) is 11.8 Å². The summed E-state index contributed by atoms with van der Waals surface area (Å²) in [5.74, 6) is 1.74. The maximum Gasteiger partial charge on any atom is 0.136 e. The average molecular weight is 407 g/mol. The first-order valence-electron chi connectivity index (χ1n) is 8.59. The monoisotopic (exact) mass is 406 g/mol. The van der Waals surface area contributed by atoms with Gasteiger partial charge in [0, 0.05) is 39.9 Å². The molecule has 0 fully saturated rings. The molecule has 146 valence electrons. The fraction of sp³-hybridized carbons (Fsp3) is 0.421. The van der Waals surface area contributed by atoms with Crippen molar-refractivity contribution in [1.29, 1.82) is 0 Å². The van der Waals surface area contributed by atoms with Gasteiger partial charge in [0.2, 0.25) is 0 Å². The first-order chi connectivity index (χ1) is 12.6. The lowest BCUT2D eigenvalue weighted by atomic mass is 10.0. The van der Waals surface area contributed by atoms with Crippen LogP contribution in [-0.2, 0) is 22.5 Å². The van der Waals surface area contributed by atoms with Gasteiger partial charge in [0.1, 0.15) is 11.6 Å². The minimum absolute atomic E-state index is 0.0621. The van der Waals surface area contributed by atoms with Crippen LogP contribution in [0.1, 0.15) is 33.5 Å². The van der Waals surface area contributed by atoms with Gasteiger partial charge in [-0.2, -0.15) is 0 Å².